The highest BCUT2D eigenvalue weighted by molar-refractivity contribution is 6.04. The van der Waals surface area contributed by atoms with Crippen molar-refractivity contribution in [2.75, 3.05) is 35.2 Å². The van der Waals surface area contributed by atoms with Gasteiger partial charge in [-0.15, -0.1) is 0 Å². The smallest absolute Gasteiger partial charge is 0.323 e. The van der Waals surface area contributed by atoms with E-state index in [-0.39, 0.29) is 11.9 Å². The maximum atomic E-state index is 13.2. The number of para-hydroxylation sites is 1. The molecule has 6 nitrogen and oxygen atoms in total. The van der Waals surface area contributed by atoms with Crippen LogP contribution >= 0.6 is 0 Å². The van der Waals surface area contributed by atoms with Crippen molar-refractivity contribution in [3.05, 3.63) is 90.0 Å². The lowest BCUT2D eigenvalue weighted by Crippen LogP contribution is -2.36. The van der Waals surface area contributed by atoms with Gasteiger partial charge in [-0.1, -0.05) is 62.4 Å². The number of anilines is 3. The van der Waals surface area contributed by atoms with Crippen molar-refractivity contribution in [3.8, 4) is 0 Å². The molecular weight excluding hydrogens is 448 g/mol. The van der Waals surface area contributed by atoms with Crippen LogP contribution in [0.1, 0.15) is 42.6 Å². The standard InChI is InChI=1S/C30H36N4O2/c1-22(2)21-31-29(35)27-20-26(33-30(36)32-25-11-7-4-8-12-25)13-14-28(27)34-17-15-24(16-18-34)19-23-9-5-3-6-10-23/h3-14,20,22,24H,15-19,21H2,1-2H3,(H,31,35)(H2,32,33,36). The number of rotatable bonds is 8. The van der Waals surface area contributed by atoms with E-state index in [0.717, 1.165) is 38.0 Å². The van der Waals surface area contributed by atoms with Crippen LogP contribution in [0.3, 0.4) is 0 Å². The molecule has 1 fully saturated rings. The van der Waals surface area contributed by atoms with E-state index in [2.05, 4.69) is 65.0 Å². The van der Waals surface area contributed by atoms with Crippen LogP contribution in [-0.4, -0.2) is 31.6 Å². The van der Waals surface area contributed by atoms with E-state index in [1.54, 1.807) is 6.07 Å². The fourth-order valence-corrected chi connectivity index (χ4v) is 4.60. The van der Waals surface area contributed by atoms with E-state index < -0.39 is 0 Å². The Morgan fingerprint density at radius 2 is 1.50 bits per heavy atom. The van der Waals surface area contributed by atoms with Gasteiger partial charge in [-0.3, -0.25) is 4.79 Å². The minimum atomic E-state index is -0.343. The summed E-state index contributed by atoms with van der Waals surface area (Å²) in [6.45, 7) is 6.56. The molecule has 3 N–H and O–H groups in total. The molecule has 36 heavy (non-hydrogen) atoms. The molecule has 188 valence electrons. The molecule has 1 aliphatic heterocycles. The van der Waals surface area contributed by atoms with Gasteiger partial charge in [0.1, 0.15) is 0 Å². The topological polar surface area (TPSA) is 73.5 Å². The molecule has 0 bridgehead atoms. The van der Waals surface area contributed by atoms with E-state index in [1.165, 1.54) is 5.56 Å². The molecule has 1 aliphatic rings. The predicted molar refractivity (Wildman–Crippen MR) is 148 cm³/mol. The third-order valence-corrected chi connectivity index (χ3v) is 6.52. The molecule has 3 aromatic carbocycles. The van der Waals surface area contributed by atoms with Gasteiger partial charge in [-0.25, -0.2) is 4.79 Å². The minimum absolute atomic E-state index is 0.114. The number of urea groups is 1. The second-order valence-electron chi connectivity index (χ2n) is 9.90. The number of carbonyl (C=O) groups excluding carboxylic acids is 2. The highest BCUT2D eigenvalue weighted by atomic mass is 16.2. The zero-order valence-electron chi connectivity index (χ0n) is 21.2. The first kappa shape index (κ1) is 25.3. The summed E-state index contributed by atoms with van der Waals surface area (Å²) in [5.41, 5.74) is 4.19. The normalized spacial score (nSPS) is 13.9. The maximum Gasteiger partial charge on any atom is 0.323 e. The molecule has 0 saturated carbocycles. The summed E-state index contributed by atoms with van der Waals surface area (Å²) in [6.07, 6.45) is 3.26. The first-order valence-corrected chi connectivity index (χ1v) is 12.8. The van der Waals surface area contributed by atoms with Gasteiger partial charge in [-0.05, 0) is 67.0 Å². The Morgan fingerprint density at radius 1 is 0.861 bits per heavy atom. The number of hydrogen-bond donors (Lipinski definition) is 3. The highest BCUT2D eigenvalue weighted by Crippen LogP contribution is 2.30. The molecule has 0 spiro atoms. The lowest BCUT2D eigenvalue weighted by molar-refractivity contribution is 0.0949. The Bertz CT molecular complexity index is 1140. The number of nitrogens with one attached hydrogen (secondary N) is 3. The van der Waals surface area contributed by atoms with Gasteiger partial charge in [0.2, 0.25) is 0 Å². The fourth-order valence-electron chi connectivity index (χ4n) is 4.60. The van der Waals surface area contributed by atoms with Crippen molar-refractivity contribution in [1.29, 1.82) is 0 Å². The monoisotopic (exact) mass is 484 g/mol. The molecule has 3 amide bonds. The van der Waals surface area contributed by atoms with Gasteiger partial charge >= 0.3 is 6.03 Å². The zero-order valence-corrected chi connectivity index (χ0v) is 21.2. The van der Waals surface area contributed by atoms with E-state index in [1.807, 2.05) is 42.5 Å². The van der Waals surface area contributed by atoms with Gasteiger partial charge in [-0.2, -0.15) is 0 Å². The van der Waals surface area contributed by atoms with Crippen molar-refractivity contribution in [3.63, 3.8) is 0 Å². The van der Waals surface area contributed by atoms with Crippen LogP contribution < -0.4 is 20.9 Å². The van der Waals surface area contributed by atoms with Crippen LogP contribution in [-0.2, 0) is 6.42 Å². The van der Waals surface area contributed by atoms with Gasteiger partial charge in [0, 0.05) is 36.7 Å². The fraction of sp³-hybridized carbons (Fsp3) is 0.333. The molecule has 1 saturated heterocycles. The summed E-state index contributed by atoms with van der Waals surface area (Å²) in [5, 5.41) is 8.73. The summed E-state index contributed by atoms with van der Waals surface area (Å²) >= 11 is 0. The van der Waals surface area contributed by atoms with Crippen LogP contribution in [0.2, 0.25) is 0 Å². The molecule has 0 atom stereocenters. The summed E-state index contributed by atoms with van der Waals surface area (Å²) < 4.78 is 0. The molecule has 6 heteroatoms. The van der Waals surface area contributed by atoms with Crippen LogP contribution in [0.25, 0.3) is 0 Å². The number of piperidine rings is 1. The Kier molecular flexibility index (Phi) is 8.61. The average Bonchev–Trinajstić information content (AvgIpc) is 2.89. The first-order valence-electron chi connectivity index (χ1n) is 12.8. The quantitative estimate of drug-likeness (QED) is 0.358. The number of benzene rings is 3. The van der Waals surface area contributed by atoms with Crippen molar-refractivity contribution in [2.45, 2.75) is 33.1 Å². The largest absolute Gasteiger partial charge is 0.371 e. The Labute approximate surface area is 214 Å². The number of hydrogen-bond acceptors (Lipinski definition) is 3. The maximum absolute atomic E-state index is 13.2. The number of amides is 3. The summed E-state index contributed by atoms with van der Waals surface area (Å²) in [5.74, 6) is 0.880. The molecule has 0 aromatic heterocycles. The minimum Gasteiger partial charge on any atom is -0.371 e. The summed E-state index contributed by atoms with van der Waals surface area (Å²) in [6, 6.07) is 25.2. The van der Waals surface area contributed by atoms with Crippen LogP contribution in [0.15, 0.2) is 78.9 Å². The SMILES string of the molecule is CC(C)CNC(=O)c1cc(NC(=O)Nc2ccccc2)ccc1N1CCC(Cc2ccccc2)CC1. The van der Waals surface area contributed by atoms with Crippen molar-refractivity contribution >= 4 is 29.0 Å². The lowest BCUT2D eigenvalue weighted by atomic mass is 9.89. The Balaban J connectivity index is 1.46. The van der Waals surface area contributed by atoms with Gasteiger partial charge in [0.25, 0.3) is 5.91 Å². The van der Waals surface area contributed by atoms with Crippen molar-refractivity contribution < 1.29 is 9.59 Å². The van der Waals surface area contributed by atoms with Gasteiger partial charge in [0.05, 0.1) is 5.56 Å². The van der Waals surface area contributed by atoms with E-state index in [9.17, 15) is 9.59 Å². The molecular formula is C30H36N4O2. The third kappa shape index (κ3) is 7.11. The van der Waals surface area contributed by atoms with Crippen LogP contribution in [0.4, 0.5) is 21.9 Å². The molecule has 3 aromatic rings. The first-order chi connectivity index (χ1) is 17.5. The number of carbonyl (C=O) groups is 2. The second kappa shape index (κ2) is 12.2. The third-order valence-electron chi connectivity index (χ3n) is 6.52. The van der Waals surface area contributed by atoms with Crippen molar-refractivity contribution in [2.24, 2.45) is 11.8 Å². The van der Waals surface area contributed by atoms with E-state index in [0.29, 0.717) is 35.3 Å². The van der Waals surface area contributed by atoms with Gasteiger partial charge < -0.3 is 20.9 Å². The number of nitrogens with zero attached hydrogens (tertiary/aromatic N) is 1. The van der Waals surface area contributed by atoms with Crippen LogP contribution in [0, 0.1) is 11.8 Å². The summed E-state index contributed by atoms with van der Waals surface area (Å²) in [7, 11) is 0. The zero-order chi connectivity index (χ0) is 25.3. The highest BCUT2D eigenvalue weighted by Gasteiger charge is 2.24. The Hall–Kier alpha value is -3.80. The second-order valence-corrected chi connectivity index (χ2v) is 9.90. The van der Waals surface area contributed by atoms with E-state index in [4.69, 9.17) is 0 Å². The summed E-state index contributed by atoms with van der Waals surface area (Å²) in [4.78, 5) is 28.0. The van der Waals surface area contributed by atoms with Crippen LogP contribution in [0.5, 0.6) is 0 Å². The lowest BCUT2D eigenvalue weighted by Gasteiger charge is -2.35. The average molecular weight is 485 g/mol. The van der Waals surface area contributed by atoms with Gasteiger partial charge in [0.15, 0.2) is 0 Å². The molecule has 0 unspecified atom stereocenters. The molecule has 1 heterocycles. The molecule has 0 aliphatic carbocycles. The van der Waals surface area contributed by atoms with E-state index >= 15 is 0 Å². The molecule has 4 rings (SSSR count). The predicted octanol–water partition coefficient (Wildman–Crippen LogP) is 6.18. The Morgan fingerprint density at radius 3 is 2.17 bits per heavy atom. The molecule has 0 radical (unpaired) electrons. The van der Waals surface area contributed by atoms with Crippen molar-refractivity contribution in [1.82, 2.24) is 5.32 Å².